The number of pyridine rings is 1. The van der Waals surface area contributed by atoms with Crippen molar-refractivity contribution in [3.05, 3.63) is 28.5 Å². The van der Waals surface area contributed by atoms with E-state index in [1.54, 1.807) is 25.3 Å². The molecule has 0 fully saturated rings. The van der Waals surface area contributed by atoms with Crippen LogP contribution in [0.15, 0.2) is 22.9 Å². The summed E-state index contributed by atoms with van der Waals surface area (Å²) in [4.78, 5) is 28.0. The lowest BCUT2D eigenvalue weighted by atomic mass is 9.75. The molecule has 0 aliphatic rings. The molecule has 0 aliphatic carbocycles. The summed E-state index contributed by atoms with van der Waals surface area (Å²) in [6.07, 6.45) is 1.61. The highest BCUT2D eigenvalue weighted by Gasteiger charge is 2.49. The minimum atomic E-state index is -1.40. The van der Waals surface area contributed by atoms with Crippen LogP contribution in [0.3, 0.4) is 0 Å². The van der Waals surface area contributed by atoms with Gasteiger partial charge in [-0.2, -0.15) is 0 Å². The molecule has 104 valence electrons. The molecule has 0 bridgehead atoms. The summed E-state index contributed by atoms with van der Waals surface area (Å²) in [6.45, 7) is 3.27. The number of hydrogen-bond donors (Lipinski definition) is 0. The summed E-state index contributed by atoms with van der Waals surface area (Å²) in [5, 5.41) is 0. The molecule has 0 aliphatic heterocycles. The van der Waals surface area contributed by atoms with Crippen molar-refractivity contribution in [1.82, 2.24) is 4.98 Å². The van der Waals surface area contributed by atoms with E-state index < -0.39 is 23.3 Å². The Morgan fingerprint density at radius 1 is 1.26 bits per heavy atom. The zero-order chi connectivity index (χ0) is 14.6. The summed E-state index contributed by atoms with van der Waals surface area (Å²) in [5.41, 5.74) is -0.652. The van der Waals surface area contributed by atoms with E-state index in [4.69, 9.17) is 9.47 Å². The van der Waals surface area contributed by atoms with Crippen molar-refractivity contribution in [2.24, 2.45) is 5.41 Å². The highest BCUT2D eigenvalue weighted by molar-refractivity contribution is 9.10. The van der Waals surface area contributed by atoms with Crippen LogP contribution in [-0.2, 0) is 19.1 Å². The lowest BCUT2D eigenvalue weighted by molar-refractivity contribution is -0.169. The normalized spacial score (nSPS) is 12.7. The topological polar surface area (TPSA) is 65.5 Å². The van der Waals surface area contributed by atoms with Crippen LogP contribution in [0, 0.1) is 5.41 Å². The number of halogens is 1. The fourth-order valence-electron chi connectivity index (χ4n) is 1.84. The Hall–Kier alpha value is -1.43. The summed E-state index contributed by atoms with van der Waals surface area (Å²) in [5.74, 6) is -1.68. The summed E-state index contributed by atoms with van der Waals surface area (Å²) < 4.78 is 10.2. The predicted octanol–water partition coefficient (Wildman–Crippen LogP) is 2.30. The fourth-order valence-corrected chi connectivity index (χ4v) is 2.07. The second-order valence-electron chi connectivity index (χ2n) is 4.32. The van der Waals surface area contributed by atoms with Gasteiger partial charge in [0.1, 0.15) is 4.60 Å². The van der Waals surface area contributed by atoms with Gasteiger partial charge in [-0.25, -0.2) is 4.98 Å². The van der Waals surface area contributed by atoms with Crippen molar-refractivity contribution >= 4 is 27.9 Å². The lowest BCUT2D eigenvalue weighted by Crippen LogP contribution is -2.42. The van der Waals surface area contributed by atoms with Gasteiger partial charge in [-0.15, -0.1) is 0 Å². The maximum atomic E-state index is 12.0. The fraction of sp³-hybridized carbons (Fsp3) is 0.462. The van der Waals surface area contributed by atoms with Crippen LogP contribution in [0.25, 0.3) is 0 Å². The molecule has 0 radical (unpaired) electrons. The SMILES string of the molecule is COC(=O)C(C)(C(=O)OC)[C@H](C)c1ccc(Br)nc1. The summed E-state index contributed by atoms with van der Waals surface area (Å²) >= 11 is 3.24. The molecule has 1 aromatic heterocycles. The van der Waals surface area contributed by atoms with Gasteiger partial charge in [0.15, 0.2) is 5.41 Å². The van der Waals surface area contributed by atoms with E-state index in [1.165, 1.54) is 21.1 Å². The maximum Gasteiger partial charge on any atom is 0.323 e. The third-order valence-electron chi connectivity index (χ3n) is 3.34. The molecule has 1 aromatic rings. The van der Waals surface area contributed by atoms with Gasteiger partial charge < -0.3 is 9.47 Å². The van der Waals surface area contributed by atoms with E-state index in [2.05, 4.69) is 20.9 Å². The van der Waals surface area contributed by atoms with Crippen LogP contribution >= 0.6 is 15.9 Å². The second-order valence-corrected chi connectivity index (χ2v) is 5.13. The number of rotatable bonds is 4. The third-order valence-corrected chi connectivity index (χ3v) is 3.80. The van der Waals surface area contributed by atoms with Crippen LogP contribution in [0.2, 0.25) is 0 Å². The molecule has 0 saturated heterocycles. The first kappa shape index (κ1) is 15.6. The van der Waals surface area contributed by atoms with Gasteiger partial charge in [-0.05, 0) is 34.5 Å². The van der Waals surface area contributed by atoms with Gasteiger partial charge >= 0.3 is 11.9 Å². The molecule has 5 nitrogen and oxygen atoms in total. The number of ether oxygens (including phenoxy) is 2. The van der Waals surface area contributed by atoms with E-state index in [1.807, 2.05) is 0 Å². The zero-order valence-corrected chi connectivity index (χ0v) is 12.9. The van der Waals surface area contributed by atoms with E-state index >= 15 is 0 Å². The first-order valence-electron chi connectivity index (χ1n) is 5.66. The molecule has 0 spiro atoms. The molecule has 1 atom stereocenters. The maximum absolute atomic E-state index is 12.0. The number of carbonyl (C=O) groups excluding carboxylic acids is 2. The Kier molecular flexibility index (Phi) is 5.05. The Balaban J connectivity index is 3.21. The van der Waals surface area contributed by atoms with Crippen molar-refractivity contribution < 1.29 is 19.1 Å². The number of nitrogens with zero attached hydrogens (tertiary/aromatic N) is 1. The van der Waals surface area contributed by atoms with Crippen molar-refractivity contribution in [2.75, 3.05) is 14.2 Å². The summed E-state index contributed by atoms with van der Waals surface area (Å²) in [6, 6.07) is 3.55. The molecular weight excluding hydrogens is 314 g/mol. The number of carbonyl (C=O) groups is 2. The minimum Gasteiger partial charge on any atom is -0.468 e. The molecule has 0 N–H and O–H groups in total. The quantitative estimate of drug-likeness (QED) is 0.481. The van der Waals surface area contributed by atoms with Gasteiger partial charge in [0.05, 0.1) is 14.2 Å². The molecule has 0 unspecified atom stereocenters. The van der Waals surface area contributed by atoms with Gasteiger partial charge in [-0.3, -0.25) is 9.59 Å². The lowest BCUT2D eigenvalue weighted by Gasteiger charge is -2.30. The number of aromatic nitrogens is 1. The third kappa shape index (κ3) is 2.94. The van der Waals surface area contributed by atoms with Crippen LogP contribution in [-0.4, -0.2) is 31.1 Å². The van der Waals surface area contributed by atoms with Crippen molar-refractivity contribution in [3.8, 4) is 0 Å². The van der Waals surface area contributed by atoms with Crippen molar-refractivity contribution in [3.63, 3.8) is 0 Å². The predicted molar refractivity (Wildman–Crippen MR) is 72.5 cm³/mol. The minimum absolute atomic E-state index is 0.423. The molecule has 0 amide bonds. The summed E-state index contributed by atoms with van der Waals surface area (Å²) in [7, 11) is 2.49. The smallest absolute Gasteiger partial charge is 0.323 e. The van der Waals surface area contributed by atoms with Crippen LogP contribution in [0.5, 0.6) is 0 Å². The van der Waals surface area contributed by atoms with Crippen LogP contribution < -0.4 is 0 Å². The van der Waals surface area contributed by atoms with E-state index in [0.29, 0.717) is 4.60 Å². The molecular formula is C13H16BrNO4. The number of hydrogen-bond acceptors (Lipinski definition) is 5. The first-order valence-corrected chi connectivity index (χ1v) is 6.45. The number of esters is 2. The Labute approximate surface area is 120 Å². The van der Waals surface area contributed by atoms with E-state index in [9.17, 15) is 9.59 Å². The highest BCUT2D eigenvalue weighted by Crippen LogP contribution is 2.37. The monoisotopic (exact) mass is 329 g/mol. The molecule has 1 heterocycles. The van der Waals surface area contributed by atoms with Crippen molar-refractivity contribution in [1.29, 1.82) is 0 Å². The largest absolute Gasteiger partial charge is 0.468 e. The second kappa shape index (κ2) is 6.14. The first-order chi connectivity index (χ1) is 8.87. The van der Waals surface area contributed by atoms with E-state index in [0.717, 1.165) is 5.56 Å². The molecule has 6 heteroatoms. The molecule has 19 heavy (non-hydrogen) atoms. The van der Waals surface area contributed by atoms with Gasteiger partial charge in [0, 0.05) is 12.1 Å². The van der Waals surface area contributed by atoms with Gasteiger partial charge in [0.2, 0.25) is 0 Å². The standard InChI is InChI=1S/C13H16BrNO4/c1-8(9-5-6-10(14)15-7-9)13(2,11(16)18-3)12(17)19-4/h5-8H,1-4H3/t8-/m1/s1. The average molecular weight is 330 g/mol. The van der Waals surface area contributed by atoms with Crippen LogP contribution in [0.1, 0.15) is 25.3 Å². The molecule has 0 saturated carbocycles. The van der Waals surface area contributed by atoms with E-state index in [-0.39, 0.29) is 0 Å². The molecule has 0 aromatic carbocycles. The van der Waals surface area contributed by atoms with Crippen molar-refractivity contribution in [2.45, 2.75) is 19.8 Å². The van der Waals surface area contributed by atoms with Gasteiger partial charge in [-0.1, -0.05) is 13.0 Å². The number of methoxy groups -OCH3 is 2. The highest BCUT2D eigenvalue weighted by atomic mass is 79.9. The average Bonchev–Trinajstić information content (AvgIpc) is 2.44. The van der Waals surface area contributed by atoms with Crippen LogP contribution in [0.4, 0.5) is 0 Å². The Bertz CT molecular complexity index is 456. The Morgan fingerprint density at radius 3 is 2.16 bits per heavy atom. The molecule has 1 rings (SSSR count). The van der Waals surface area contributed by atoms with Gasteiger partial charge in [0.25, 0.3) is 0 Å². The zero-order valence-electron chi connectivity index (χ0n) is 11.3. The Morgan fingerprint density at radius 2 is 1.79 bits per heavy atom.